The van der Waals surface area contributed by atoms with E-state index in [-0.39, 0.29) is 0 Å². The monoisotopic (exact) mass is 220 g/mol. The van der Waals surface area contributed by atoms with Crippen LogP contribution in [0.4, 0.5) is 0 Å². The van der Waals surface area contributed by atoms with E-state index in [4.69, 9.17) is 0 Å². The molecule has 0 aliphatic heterocycles. The lowest BCUT2D eigenvalue weighted by molar-refractivity contribution is 1.01. The SMILES string of the molecule is CC1=C(c2ccccc2)C(C)c2ccccc21. The Hall–Kier alpha value is -1.82. The third kappa shape index (κ3) is 1.52. The molecule has 0 bridgehead atoms. The second-order valence-electron chi connectivity index (χ2n) is 4.71. The summed E-state index contributed by atoms with van der Waals surface area (Å²) >= 11 is 0. The van der Waals surface area contributed by atoms with Gasteiger partial charge in [-0.3, -0.25) is 0 Å². The fourth-order valence-corrected chi connectivity index (χ4v) is 2.93. The predicted molar refractivity (Wildman–Crippen MR) is 73.8 cm³/mol. The topological polar surface area (TPSA) is 0 Å². The molecule has 2 aromatic rings. The van der Waals surface area contributed by atoms with Crippen molar-refractivity contribution < 1.29 is 0 Å². The molecule has 1 aliphatic rings. The first kappa shape index (κ1) is 10.3. The van der Waals surface area contributed by atoms with Crippen LogP contribution in [0.2, 0.25) is 0 Å². The Labute approximate surface area is 103 Å². The molecule has 0 aromatic heterocycles. The van der Waals surface area contributed by atoms with Crippen LogP contribution in [-0.4, -0.2) is 0 Å². The average Bonchev–Trinajstić information content (AvgIpc) is 2.64. The standard InChI is InChI=1S/C17H16/c1-12-15-10-6-7-11-16(15)13(2)17(12)14-8-4-3-5-9-14/h3-12H,1-2H3. The highest BCUT2D eigenvalue weighted by Crippen LogP contribution is 2.46. The molecule has 3 rings (SSSR count). The minimum Gasteiger partial charge on any atom is -0.0622 e. The van der Waals surface area contributed by atoms with Crippen LogP contribution in [0.5, 0.6) is 0 Å². The van der Waals surface area contributed by atoms with Crippen LogP contribution >= 0.6 is 0 Å². The Morgan fingerprint density at radius 1 is 0.824 bits per heavy atom. The third-order valence-electron chi connectivity index (χ3n) is 3.75. The first-order chi connectivity index (χ1) is 8.29. The molecule has 0 nitrogen and oxygen atoms in total. The fraction of sp³-hybridized carbons (Fsp3) is 0.176. The van der Waals surface area contributed by atoms with Crippen LogP contribution in [0.3, 0.4) is 0 Å². The number of allylic oxidation sites excluding steroid dienone is 2. The summed E-state index contributed by atoms with van der Waals surface area (Å²) in [4.78, 5) is 0. The van der Waals surface area contributed by atoms with Gasteiger partial charge >= 0.3 is 0 Å². The van der Waals surface area contributed by atoms with Gasteiger partial charge in [0.15, 0.2) is 0 Å². The van der Waals surface area contributed by atoms with Gasteiger partial charge in [0.25, 0.3) is 0 Å². The fourth-order valence-electron chi connectivity index (χ4n) is 2.93. The van der Waals surface area contributed by atoms with Crippen LogP contribution in [0.1, 0.15) is 36.5 Å². The number of benzene rings is 2. The van der Waals surface area contributed by atoms with E-state index in [1.165, 1.54) is 27.8 Å². The quantitative estimate of drug-likeness (QED) is 0.651. The highest BCUT2D eigenvalue weighted by molar-refractivity contribution is 5.98. The van der Waals surface area contributed by atoms with Gasteiger partial charge in [-0.15, -0.1) is 0 Å². The molecule has 0 radical (unpaired) electrons. The van der Waals surface area contributed by atoms with Crippen LogP contribution in [0.25, 0.3) is 11.1 Å². The molecule has 0 saturated carbocycles. The lowest BCUT2D eigenvalue weighted by Gasteiger charge is -2.11. The number of fused-ring (bicyclic) bond motifs is 1. The first-order valence-electron chi connectivity index (χ1n) is 6.14. The second-order valence-corrected chi connectivity index (χ2v) is 4.71. The summed E-state index contributed by atoms with van der Waals surface area (Å²) in [6.07, 6.45) is 0. The minimum absolute atomic E-state index is 0.508. The maximum absolute atomic E-state index is 2.30. The Morgan fingerprint density at radius 2 is 1.47 bits per heavy atom. The zero-order valence-electron chi connectivity index (χ0n) is 10.3. The van der Waals surface area contributed by atoms with Crippen molar-refractivity contribution in [1.29, 1.82) is 0 Å². The molecule has 0 N–H and O–H groups in total. The van der Waals surface area contributed by atoms with Crippen molar-refractivity contribution in [2.24, 2.45) is 0 Å². The zero-order valence-corrected chi connectivity index (χ0v) is 10.3. The Kier molecular flexibility index (Phi) is 2.36. The summed E-state index contributed by atoms with van der Waals surface area (Å²) in [5.41, 5.74) is 7.14. The van der Waals surface area contributed by atoms with Gasteiger partial charge < -0.3 is 0 Å². The van der Waals surface area contributed by atoms with E-state index in [0.717, 1.165) is 0 Å². The normalized spacial score (nSPS) is 18.4. The van der Waals surface area contributed by atoms with Crippen LogP contribution in [-0.2, 0) is 0 Å². The summed E-state index contributed by atoms with van der Waals surface area (Å²) < 4.78 is 0. The lowest BCUT2D eigenvalue weighted by atomic mass is 9.92. The smallest absolute Gasteiger partial charge is 0.00758 e. The molecule has 0 heteroatoms. The third-order valence-corrected chi connectivity index (χ3v) is 3.75. The van der Waals surface area contributed by atoms with E-state index >= 15 is 0 Å². The van der Waals surface area contributed by atoms with Crippen molar-refractivity contribution in [1.82, 2.24) is 0 Å². The van der Waals surface area contributed by atoms with Crippen molar-refractivity contribution >= 4 is 11.1 Å². The van der Waals surface area contributed by atoms with Crippen molar-refractivity contribution in [3.63, 3.8) is 0 Å². The molecule has 0 amide bonds. The molecule has 0 saturated heterocycles. The Morgan fingerprint density at radius 3 is 2.18 bits per heavy atom. The van der Waals surface area contributed by atoms with Crippen molar-refractivity contribution in [3.8, 4) is 0 Å². The van der Waals surface area contributed by atoms with Crippen LogP contribution in [0.15, 0.2) is 54.6 Å². The van der Waals surface area contributed by atoms with Gasteiger partial charge in [0.1, 0.15) is 0 Å². The van der Waals surface area contributed by atoms with Crippen LogP contribution in [0, 0.1) is 0 Å². The Bertz CT molecular complexity index is 576. The lowest BCUT2D eigenvalue weighted by Crippen LogP contribution is -1.92. The molecule has 0 heterocycles. The second kappa shape index (κ2) is 3.89. The van der Waals surface area contributed by atoms with Crippen molar-refractivity contribution in [3.05, 3.63) is 71.3 Å². The van der Waals surface area contributed by atoms with Crippen LogP contribution < -0.4 is 0 Å². The summed E-state index contributed by atoms with van der Waals surface area (Å²) in [5, 5.41) is 0. The molecule has 1 atom stereocenters. The van der Waals surface area contributed by atoms with Gasteiger partial charge in [0.2, 0.25) is 0 Å². The summed E-state index contributed by atoms with van der Waals surface area (Å²) in [6.45, 7) is 4.54. The van der Waals surface area contributed by atoms with Gasteiger partial charge in [-0.25, -0.2) is 0 Å². The number of hydrogen-bond donors (Lipinski definition) is 0. The van der Waals surface area contributed by atoms with Gasteiger partial charge in [0.05, 0.1) is 0 Å². The number of rotatable bonds is 1. The van der Waals surface area contributed by atoms with Gasteiger partial charge in [0, 0.05) is 5.92 Å². The molecule has 0 spiro atoms. The maximum Gasteiger partial charge on any atom is 0.00758 e. The summed E-state index contributed by atoms with van der Waals surface area (Å²) in [6, 6.07) is 19.5. The first-order valence-corrected chi connectivity index (χ1v) is 6.14. The van der Waals surface area contributed by atoms with Gasteiger partial charge in [-0.05, 0) is 34.8 Å². The maximum atomic E-state index is 2.30. The molecule has 1 unspecified atom stereocenters. The Balaban J connectivity index is 2.18. The van der Waals surface area contributed by atoms with E-state index in [2.05, 4.69) is 68.4 Å². The van der Waals surface area contributed by atoms with Gasteiger partial charge in [-0.2, -0.15) is 0 Å². The highest BCUT2D eigenvalue weighted by atomic mass is 14.3. The molecular weight excluding hydrogens is 204 g/mol. The minimum atomic E-state index is 0.508. The molecule has 17 heavy (non-hydrogen) atoms. The van der Waals surface area contributed by atoms with Gasteiger partial charge in [-0.1, -0.05) is 61.5 Å². The average molecular weight is 220 g/mol. The molecule has 1 aliphatic carbocycles. The van der Waals surface area contributed by atoms with E-state index in [9.17, 15) is 0 Å². The largest absolute Gasteiger partial charge is 0.0622 e. The predicted octanol–water partition coefficient (Wildman–Crippen LogP) is 4.73. The molecule has 84 valence electrons. The summed E-state index contributed by atoms with van der Waals surface area (Å²) in [7, 11) is 0. The van der Waals surface area contributed by atoms with E-state index in [1.807, 2.05) is 0 Å². The summed E-state index contributed by atoms with van der Waals surface area (Å²) in [5.74, 6) is 0.508. The zero-order chi connectivity index (χ0) is 11.8. The van der Waals surface area contributed by atoms with E-state index < -0.39 is 0 Å². The number of hydrogen-bond acceptors (Lipinski definition) is 0. The highest BCUT2D eigenvalue weighted by Gasteiger charge is 2.25. The van der Waals surface area contributed by atoms with Crippen molar-refractivity contribution in [2.45, 2.75) is 19.8 Å². The molecular formula is C17H16. The van der Waals surface area contributed by atoms with E-state index in [1.54, 1.807) is 0 Å². The van der Waals surface area contributed by atoms with Crippen molar-refractivity contribution in [2.75, 3.05) is 0 Å². The van der Waals surface area contributed by atoms with E-state index in [0.29, 0.717) is 5.92 Å². The molecule has 0 fully saturated rings. The molecule has 2 aromatic carbocycles.